The molecular formula is C22H20Cl2N2O3S. The molecule has 0 aromatic heterocycles. The van der Waals surface area contributed by atoms with Crippen LogP contribution < -0.4 is 10.0 Å². The molecule has 0 aliphatic carbocycles. The first-order valence-corrected chi connectivity index (χ1v) is 11.5. The summed E-state index contributed by atoms with van der Waals surface area (Å²) < 4.78 is 27.5. The molecule has 8 heteroatoms. The number of anilines is 1. The highest BCUT2D eigenvalue weighted by molar-refractivity contribution is 7.89. The Hall–Kier alpha value is -2.38. The highest BCUT2D eigenvalue weighted by atomic mass is 35.5. The number of nitrogens with one attached hydrogen (secondary N) is 2. The fourth-order valence-corrected chi connectivity index (χ4v) is 4.28. The van der Waals surface area contributed by atoms with Gasteiger partial charge in [0.05, 0.1) is 20.6 Å². The lowest BCUT2D eigenvalue weighted by molar-refractivity contribution is -0.116. The van der Waals surface area contributed by atoms with Crippen LogP contribution in [0.15, 0.2) is 77.7 Å². The lowest BCUT2D eigenvalue weighted by Gasteiger charge is -2.10. The van der Waals surface area contributed by atoms with E-state index in [1.807, 2.05) is 30.3 Å². The predicted octanol–water partition coefficient (Wildman–Crippen LogP) is 5.04. The van der Waals surface area contributed by atoms with Crippen molar-refractivity contribution in [3.05, 3.63) is 94.0 Å². The van der Waals surface area contributed by atoms with Gasteiger partial charge in [0, 0.05) is 13.0 Å². The van der Waals surface area contributed by atoms with Crippen LogP contribution in [0.25, 0.3) is 0 Å². The van der Waals surface area contributed by atoms with Crippen molar-refractivity contribution in [3.8, 4) is 0 Å². The summed E-state index contributed by atoms with van der Waals surface area (Å²) in [6, 6.07) is 20.8. The van der Waals surface area contributed by atoms with Crippen molar-refractivity contribution in [2.45, 2.75) is 24.3 Å². The van der Waals surface area contributed by atoms with E-state index in [9.17, 15) is 13.2 Å². The molecule has 0 atom stereocenters. The first-order valence-electron chi connectivity index (χ1n) is 9.21. The molecule has 3 aromatic carbocycles. The van der Waals surface area contributed by atoms with E-state index < -0.39 is 10.0 Å². The standard InChI is InChI=1S/C22H20Cl2N2O3S/c23-19-7-4-8-20(24)22(19)26-21(27)14-11-16-9-12-18(13-10-16)30(28,29)25-15-17-5-2-1-3-6-17/h1-10,12-13,25H,11,14-15H2,(H,26,27). The Morgan fingerprint density at radius 2 is 1.43 bits per heavy atom. The summed E-state index contributed by atoms with van der Waals surface area (Å²) in [7, 11) is -3.62. The lowest BCUT2D eigenvalue weighted by Crippen LogP contribution is -2.23. The van der Waals surface area contributed by atoms with Crippen LogP contribution in [0.3, 0.4) is 0 Å². The number of carbonyl (C=O) groups excluding carboxylic acids is 1. The van der Waals surface area contributed by atoms with Crippen molar-refractivity contribution in [3.63, 3.8) is 0 Å². The van der Waals surface area contributed by atoms with Crippen LogP contribution in [-0.2, 0) is 27.8 Å². The van der Waals surface area contributed by atoms with E-state index in [1.165, 1.54) is 12.1 Å². The van der Waals surface area contributed by atoms with Crippen LogP contribution in [0.1, 0.15) is 17.5 Å². The molecule has 0 spiro atoms. The minimum atomic E-state index is -3.62. The van der Waals surface area contributed by atoms with Crippen molar-refractivity contribution in [1.29, 1.82) is 0 Å². The van der Waals surface area contributed by atoms with Crippen molar-refractivity contribution in [2.75, 3.05) is 5.32 Å². The van der Waals surface area contributed by atoms with Gasteiger partial charge in [-0.1, -0.05) is 71.7 Å². The van der Waals surface area contributed by atoms with E-state index in [0.29, 0.717) is 22.2 Å². The molecule has 30 heavy (non-hydrogen) atoms. The maximum atomic E-state index is 12.4. The minimum absolute atomic E-state index is 0.175. The normalized spacial score (nSPS) is 11.3. The number of benzene rings is 3. The van der Waals surface area contributed by atoms with Gasteiger partial charge in [-0.15, -0.1) is 0 Å². The predicted molar refractivity (Wildman–Crippen MR) is 120 cm³/mol. The lowest BCUT2D eigenvalue weighted by atomic mass is 10.1. The Balaban J connectivity index is 1.55. The Kier molecular flexibility index (Phi) is 7.50. The summed E-state index contributed by atoms with van der Waals surface area (Å²) in [5.74, 6) is -0.230. The maximum absolute atomic E-state index is 12.4. The van der Waals surface area contributed by atoms with Gasteiger partial charge in [-0.25, -0.2) is 13.1 Å². The molecule has 3 aromatic rings. The molecule has 0 aliphatic rings. The average molecular weight is 463 g/mol. The Morgan fingerprint density at radius 3 is 2.07 bits per heavy atom. The molecule has 1 amide bonds. The summed E-state index contributed by atoms with van der Waals surface area (Å²) in [6.07, 6.45) is 0.658. The van der Waals surface area contributed by atoms with Crippen molar-refractivity contribution < 1.29 is 13.2 Å². The highest BCUT2D eigenvalue weighted by Crippen LogP contribution is 2.29. The van der Waals surface area contributed by atoms with E-state index >= 15 is 0 Å². The van der Waals surface area contributed by atoms with Gasteiger partial charge < -0.3 is 5.32 Å². The molecule has 3 rings (SSSR count). The van der Waals surface area contributed by atoms with Gasteiger partial charge in [-0.2, -0.15) is 0 Å². The van der Waals surface area contributed by atoms with E-state index in [2.05, 4.69) is 10.0 Å². The van der Waals surface area contributed by atoms with Crippen molar-refractivity contribution >= 4 is 44.8 Å². The van der Waals surface area contributed by atoms with Crippen LogP contribution in [0, 0.1) is 0 Å². The maximum Gasteiger partial charge on any atom is 0.240 e. The molecule has 0 heterocycles. The number of halogens is 2. The fourth-order valence-electron chi connectivity index (χ4n) is 2.77. The van der Waals surface area contributed by atoms with Crippen molar-refractivity contribution in [1.82, 2.24) is 4.72 Å². The van der Waals surface area contributed by atoms with Gasteiger partial charge in [0.2, 0.25) is 15.9 Å². The van der Waals surface area contributed by atoms with Gasteiger partial charge in [-0.05, 0) is 41.8 Å². The molecule has 0 radical (unpaired) electrons. The van der Waals surface area contributed by atoms with E-state index in [4.69, 9.17) is 23.2 Å². The molecule has 2 N–H and O–H groups in total. The molecule has 0 unspecified atom stereocenters. The molecule has 0 aliphatic heterocycles. The zero-order valence-electron chi connectivity index (χ0n) is 15.9. The van der Waals surface area contributed by atoms with E-state index in [0.717, 1.165) is 11.1 Å². The van der Waals surface area contributed by atoms with Gasteiger partial charge in [0.15, 0.2) is 0 Å². The monoisotopic (exact) mass is 462 g/mol. The Labute approximate surface area is 186 Å². The number of carbonyl (C=O) groups is 1. The third-order valence-electron chi connectivity index (χ3n) is 4.41. The molecule has 0 saturated carbocycles. The Bertz CT molecular complexity index is 1100. The third-order valence-corrected chi connectivity index (χ3v) is 6.46. The minimum Gasteiger partial charge on any atom is -0.324 e. The number of para-hydroxylation sites is 1. The third kappa shape index (κ3) is 6.06. The summed E-state index contributed by atoms with van der Waals surface area (Å²) in [6.45, 7) is 0.218. The first kappa shape index (κ1) is 22.3. The zero-order valence-corrected chi connectivity index (χ0v) is 18.3. The van der Waals surface area contributed by atoms with Crippen LogP contribution in [-0.4, -0.2) is 14.3 Å². The summed E-state index contributed by atoms with van der Waals surface area (Å²) >= 11 is 12.1. The summed E-state index contributed by atoms with van der Waals surface area (Å²) in [5, 5.41) is 3.45. The largest absolute Gasteiger partial charge is 0.324 e. The number of rotatable bonds is 8. The van der Waals surface area contributed by atoms with Gasteiger partial charge >= 0.3 is 0 Å². The molecule has 156 valence electrons. The zero-order chi connectivity index (χ0) is 21.6. The summed E-state index contributed by atoms with van der Waals surface area (Å²) in [4.78, 5) is 12.4. The van der Waals surface area contributed by atoms with Crippen LogP contribution >= 0.6 is 23.2 Å². The van der Waals surface area contributed by atoms with E-state index in [1.54, 1.807) is 30.3 Å². The number of aryl methyl sites for hydroxylation is 1. The smallest absolute Gasteiger partial charge is 0.240 e. The molecular weight excluding hydrogens is 443 g/mol. The highest BCUT2D eigenvalue weighted by Gasteiger charge is 2.14. The van der Waals surface area contributed by atoms with Gasteiger partial charge in [0.25, 0.3) is 0 Å². The average Bonchev–Trinajstić information content (AvgIpc) is 2.75. The van der Waals surface area contributed by atoms with Crippen LogP contribution in [0.4, 0.5) is 5.69 Å². The first-order chi connectivity index (χ1) is 14.3. The van der Waals surface area contributed by atoms with Crippen LogP contribution in [0.2, 0.25) is 10.0 Å². The Morgan fingerprint density at radius 1 is 0.800 bits per heavy atom. The van der Waals surface area contributed by atoms with Crippen LogP contribution in [0.5, 0.6) is 0 Å². The number of amides is 1. The molecule has 0 fully saturated rings. The molecule has 5 nitrogen and oxygen atoms in total. The number of hydrogen-bond donors (Lipinski definition) is 2. The molecule has 0 bridgehead atoms. The second-order valence-corrected chi connectivity index (χ2v) is 9.18. The fraction of sp³-hybridized carbons (Fsp3) is 0.136. The summed E-state index contributed by atoms with van der Waals surface area (Å²) in [5.41, 5.74) is 2.11. The topological polar surface area (TPSA) is 75.3 Å². The number of sulfonamides is 1. The van der Waals surface area contributed by atoms with Gasteiger partial charge in [-0.3, -0.25) is 4.79 Å². The SMILES string of the molecule is O=C(CCc1ccc(S(=O)(=O)NCc2ccccc2)cc1)Nc1c(Cl)cccc1Cl. The van der Waals surface area contributed by atoms with E-state index in [-0.39, 0.29) is 23.8 Å². The van der Waals surface area contributed by atoms with Gasteiger partial charge in [0.1, 0.15) is 0 Å². The second-order valence-electron chi connectivity index (χ2n) is 6.60. The quantitative estimate of drug-likeness (QED) is 0.491. The van der Waals surface area contributed by atoms with Crippen molar-refractivity contribution in [2.24, 2.45) is 0 Å². The second kappa shape index (κ2) is 10.1. The molecule has 0 saturated heterocycles. The number of hydrogen-bond acceptors (Lipinski definition) is 3.